The number of amides is 1. The number of carbonyl (C=O) groups excluding carboxylic acids is 2. The van der Waals surface area contributed by atoms with Crippen LogP contribution in [-0.4, -0.2) is 50.2 Å². The molecular formula is C10H19NO4. The average molecular weight is 217 g/mol. The Bertz CT molecular complexity index is 217. The van der Waals surface area contributed by atoms with Gasteiger partial charge in [0.15, 0.2) is 0 Å². The van der Waals surface area contributed by atoms with Crippen molar-refractivity contribution in [1.29, 1.82) is 0 Å². The Balaban J connectivity index is 3.87. The van der Waals surface area contributed by atoms with Crippen molar-refractivity contribution in [2.24, 2.45) is 0 Å². The van der Waals surface area contributed by atoms with Crippen molar-refractivity contribution >= 4 is 11.9 Å². The first-order chi connectivity index (χ1) is 7.02. The molecule has 1 amide bonds. The fourth-order valence-electron chi connectivity index (χ4n) is 1.01. The van der Waals surface area contributed by atoms with E-state index in [-0.39, 0.29) is 18.3 Å². The van der Waals surface area contributed by atoms with Gasteiger partial charge in [0.05, 0.1) is 13.0 Å². The summed E-state index contributed by atoms with van der Waals surface area (Å²) in [6.07, 6.45) is -0.260. The lowest BCUT2D eigenvalue weighted by Crippen LogP contribution is -2.37. The topological polar surface area (TPSA) is 55.8 Å². The molecule has 0 saturated carbocycles. The quantitative estimate of drug-likeness (QED) is 0.605. The summed E-state index contributed by atoms with van der Waals surface area (Å²) in [5.41, 5.74) is 0. The molecule has 88 valence electrons. The molecule has 0 radical (unpaired) electrons. The van der Waals surface area contributed by atoms with Crippen LogP contribution in [0, 0.1) is 0 Å². The third-order valence-electron chi connectivity index (χ3n) is 2.03. The molecule has 15 heavy (non-hydrogen) atoms. The molecule has 0 saturated heterocycles. The van der Waals surface area contributed by atoms with Gasteiger partial charge in [0.2, 0.25) is 0 Å². The Morgan fingerprint density at radius 3 is 2.47 bits per heavy atom. The Morgan fingerprint density at radius 2 is 2.00 bits per heavy atom. The SMILES string of the molecule is CCOC(=O)CCN(C)C(=O)C(C)OC. The largest absolute Gasteiger partial charge is 0.466 e. The van der Waals surface area contributed by atoms with Gasteiger partial charge in [-0.15, -0.1) is 0 Å². The number of hydrogen-bond donors (Lipinski definition) is 0. The smallest absolute Gasteiger partial charge is 0.307 e. The molecule has 0 aromatic heterocycles. The lowest BCUT2D eigenvalue weighted by Gasteiger charge is -2.19. The van der Waals surface area contributed by atoms with Gasteiger partial charge in [-0.05, 0) is 13.8 Å². The van der Waals surface area contributed by atoms with Crippen molar-refractivity contribution in [2.45, 2.75) is 26.4 Å². The zero-order valence-electron chi connectivity index (χ0n) is 9.78. The molecule has 0 spiro atoms. The van der Waals surface area contributed by atoms with Gasteiger partial charge in [0.1, 0.15) is 6.10 Å². The summed E-state index contributed by atoms with van der Waals surface area (Å²) in [6.45, 7) is 4.14. The maximum atomic E-state index is 11.5. The van der Waals surface area contributed by atoms with E-state index in [0.717, 1.165) is 0 Å². The highest BCUT2D eigenvalue weighted by molar-refractivity contribution is 5.80. The minimum atomic E-state index is -0.475. The standard InChI is InChI=1S/C10H19NO4/c1-5-15-9(12)6-7-11(3)10(13)8(2)14-4/h8H,5-7H2,1-4H3. The van der Waals surface area contributed by atoms with Crippen LogP contribution in [0.4, 0.5) is 0 Å². The van der Waals surface area contributed by atoms with E-state index in [2.05, 4.69) is 0 Å². The molecule has 0 aliphatic rings. The number of nitrogens with zero attached hydrogens (tertiary/aromatic N) is 1. The highest BCUT2D eigenvalue weighted by atomic mass is 16.5. The van der Waals surface area contributed by atoms with Crippen molar-refractivity contribution < 1.29 is 19.1 Å². The van der Waals surface area contributed by atoms with E-state index in [1.54, 1.807) is 20.9 Å². The summed E-state index contributed by atoms with van der Waals surface area (Å²) in [6, 6.07) is 0. The van der Waals surface area contributed by atoms with E-state index < -0.39 is 6.10 Å². The fourth-order valence-corrected chi connectivity index (χ4v) is 1.01. The lowest BCUT2D eigenvalue weighted by molar-refractivity contribution is -0.145. The second-order valence-electron chi connectivity index (χ2n) is 3.19. The van der Waals surface area contributed by atoms with E-state index in [0.29, 0.717) is 13.2 Å². The summed E-state index contributed by atoms with van der Waals surface area (Å²) < 4.78 is 9.63. The Morgan fingerprint density at radius 1 is 1.40 bits per heavy atom. The predicted molar refractivity (Wildman–Crippen MR) is 55.4 cm³/mol. The van der Waals surface area contributed by atoms with Crippen LogP contribution < -0.4 is 0 Å². The van der Waals surface area contributed by atoms with Crippen molar-refractivity contribution in [3.8, 4) is 0 Å². The Labute approximate surface area is 90.3 Å². The second kappa shape index (κ2) is 7.23. The molecule has 1 unspecified atom stereocenters. The van der Waals surface area contributed by atoms with Crippen molar-refractivity contribution in [3.63, 3.8) is 0 Å². The number of ether oxygens (including phenoxy) is 2. The Hall–Kier alpha value is -1.10. The summed E-state index contributed by atoms with van der Waals surface area (Å²) >= 11 is 0. The maximum absolute atomic E-state index is 11.5. The number of likely N-dealkylation sites (N-methyl/N-ethyl adjacent to an activating group) is 1. The molecule has 0 aliphatic heterocycles. The van der Waals surface area contributed by atoms with E-state index in [1.165, 1.54) is 12.0 Å². The number of carbonyl (C=O) groups is 2. The first kappa shape index (κ1) is 13.9. The predicted octanol–water partition coefficient (Wildman–Crippen LogP) is 0.433. The zero-order valence-corrected chi connectivity index (χ0v) is 9.78. The number of methoxy groups -OCH3 is 1. The van der Waals surface area contributed by atoms with Gasteiger partial charge < -0.3 is 14.4 Å². The third-order valence-corrected chi connectivity index (χ3v) is 2.03. The third kappa shape index (κ3) is 5.37. The first-order valence-corrected chi connectivity index (χ1v) is 4.96. The van der Waals surface area contributed by atoms with Gasteiger partial charge in [-0.3, -0.25) is 9.59 Å². The summed E-state index contributed by atoms with van der Waals surface area (Å²) in [5.74, 6) is -0.427. The van der Waals surface area contributed by atoms with Crippen molar-refractivity contribution in [3.05, 3.63) is 0 Å². The molecule has 0 fully saturated rings. The van der Waals surface area contributed by atoms with Crippen LogP contribution >= 0.6 is 0 Å². The zero-order chi connectivity index (χ0) is 11.8. The molecule has 0 rings (SSSR count). The van der Waals surface area contributed by atoms with Crippen LogP contribution in [0.1, 0.15) is 20.3 Å². The van der Waals surface area contributed by atoms with E-state index in [1.807, 2.05) is 0 Å². The van der Waals surface area contributed by atoms with Gasteiger partial charge in [-0.25, -0.2) is 0 Å². The molecular weight excluding hydrogens is 198 g/mol. The minimum absolute atomic E-state index is 0.137. The average Bonchev–Trinajstić information content (AvgIpc) is 2.24. The second-order valence-corrected chi connectivity index (χ2v) is 3.19. The molecule has 0 aliphatic carbocycles. The van der Waals surface area contributed by atoms with Gasteiger partial charge in [-0.2, -0.15) is 0 Å². The minimum Gasteiger partial charge on any atom is -0.466 e. The van der Waals surface area contributed by atoms with Gasteiger partial charge in [0, 0.05) is 20.7 Å². The lowest BCUT2D eigenvalue weighted by atomic mass is 10.3. The van der Waals surface area contributed by atoms with Crippen LogP contribution in [0.25, 0.3) is 0 Å². The van der Waals surface area contributed by atoms with Crippen LogP contribution in [0.2, 0.25) is 0 Å². The van der Waals surface area contributed by atoms with Gasteiger partial charge >= 0.3 is 5.97 Å². The fraction of sp³-hybridized carbons (Fsp3) is 0.800. The molecule has 0 bridgehead atoms. The van der Waals surface area contributed by atoms with Crippen LogP contribution in [0.3, 0.4) is 0 Å². The highest BCUT2D eigenvalue weighted by Gasteiger charge is 2.17. The maximum Gasteiger partial charge on any atom is 0.307 e. The number of rotatable bonds is 6. The molecule has 0 aromatic rings. The first-order valence-electron chi connectivity index (χ1n) is 4.96. The monoisotopic (exact) mass is 217 g/mol. The normalized spacial score (nSPS) is 12.0. The highest BCUT2D eigenvalue weighted by Crippen LogP contribution is 1.97. The molecule has 0 aromatic carbocycles. The molecule has 1 atom stereocenters. The molecule has 0 heterocycles. The molecule has 0 N–H and O–H groups in total. The number of hydrogen-bond acceptors (Lipinski definition) is 4. The van der Waals surface area contributed by atoms with Crippen molar-refractivity contribution in [1.82, 2.24) is 4.90 Å². The van der Waals surface area contributed by atoms with Gasteiger partial charge in [-0.1, -0.05) is 0 Å². The van der Waals surface area contributed by atoms with Crippen LogP contribution in [0.15, 0.2) is 0 Å². The molecule has 5 nitrogen and oxygen atoms in total. The summed E-state index contributed by atoms with van der Waals surface area (Å²) in [7, 11) is 3.11. The van der Waals surface area contributed by atoms with E-state index in [9.17, 15) is 9.59 Å². The Kier molecular flexibility index (Phi) is 6.70. The molecule has 5 heteroatoms. The van der Waals surface area contributed by atoms with E-state index in [4.69, 9.17) is 9.47 Å². The van der Waals surface area contributed by atoms with Gasteiger partial charge in [0.25, 0.3) is 5.91 Å². The van der Waals surface area contributed by atoms with Crippen LogP contribution in [0.5, 0.6) is 0 Å². The number of esters is 1. The van der Waals surface area contributed by atoms with Crippen molar-refractivity contribution in [2.75, 3.05) is 27.3 Å². The van der Waals surface area contributed by atoms with Crippen LogP contribution in [-0.2, 0) is 19.1 Å². The summed E-state index contributed by atoms with van der Waals surface area (Å²) in [4.78, 5) is 24.0. The summed E-state index contributed by atoms with van der Waals surface area (Å²) in [5, 5.41) is 0. The van der Waals surface area contributed by atoms with E-state index >= 15 is 0 Å².